The minimum Gasteiger partial charge on any atom is -0.287 e. The molecule has 1 aromatic heterocycles. The highest BCUT2D eigenvalue weighted by molar-refractivity contribution is 5.93. The van der Waals surface area contributed by atoms with E-state index in [1.165, 1.54) is 25.7 Å². The summed E-state index contributed by atoms with van der Waals surface area (Å²) in [4.78, 5) is 15.4. The summed E-state index contributed by atoms with van der Waals surface area (Å²) in [7, 11) is 0. The maximum atomic E-state index is 11.6. The Labute approximate surface area is 103 Å². The zero-order chi connectivity index (χ0) is 12.3. The van der Waals surface area contributed by atoms with E-state index in [4.69, 9.17) is 0 Å². The van der Waals surface area contributed by atoms with Crippen molar-refractivity contribution >= 4 is 5.91 Å². The van der Waals surface area contributed by atoms with Crippen LogP contribution in [0.15, 0.2) is 24.5 Å². The Kier molecular flexibility index (Phi) is 6.98. The molecule has 0 aromatic carbocycles. The molecule has 0 aliphatic carbocycles. The van der Waals surface area contributed by atoms with Crippen LogP contribution in [-0.2, 0) is 0 Å². The second kappa shape index (κ2) is 8.70. The summed E-state index contributed by atoms with van der Waals surface area (Å²) in [6.07, 6.45) is 9.36. The molecule has 4 nitrogen and oxygen atoms in total. The van der Waals surface area contributed by atoms with Crippen molar-refractivity contribution < 1.29 is 4.79 Å². The van der Waals surface area contributed by atoms with Crippen LogP contribution in [0.1, 0.15) is 49.4 Å². The number of hydrazine groups is 1. The lowest BCUT2D eigenvalue weighted by Crippen LogP contribution is -2.37. The van der Waals surface area contributed by atoms with Crippen LogP contribution in [0.3, 0.4) is 0 Å². The van der Waals surface area contributed by atoms with Crippen molar-refractivity contribution in [3.05, 3.63) is 30.1 Å². The Balaban J connectivity index is 2.05. The monoisotopic (exact) mass is 235 g/mol. The molecule has 1 aromatic rings. The van der Waals surface area contributed by atoms with Crippen LogP contribution >= 0.6 is 0 Å². The normalized spacial score (nSPS) is 10.2. The number of aromatic nitrogens is 1. The number of hydrogen-bond acceptors (Lipinski definition) is 3. The molecule has 2 N–H and O–H groups in total. The molecular formula is C13H21N3O. The first kappa shape index (κ1) is 13.6. The van der Waals surface area contributed by atoms with Crippen LogP contribution in [0.5, 0.6) is 0 Å². The molecule has 0 saturated carbocycles. The summed E-state index contributed by atoms with van der Waals surface area (Å²) < 4.78 is 0. The Hall–Kier alpha value is -1.42. The van der Waals surface area contributed by atoms with Crippen LogP contribution in [0.25, 0.3) is 0 Å². The summed E-state index contributed by atoms with van der Waals surface area (Å²) in [5.41, 5.74) is 6.24. The third-order valence-electron chi connectivity index (χ3n) is 2.55. The number of pyridine rings is 1. The van der Waals surface area contributed by atoms with Gasteiger partial charge in [0.15, 0.2) is 0 Å². The number of unbranched alkanes of at least 4 members (excludes halogenated alkanes) is 4. The lowest BCUT2D eigenvalue weighted by molar-refractivity contribution is 0.0933. The van der Waals surface area contributed by atoms with Gasteiger partial charge in [-0.3, -0.25) is 15.2 Å². The molecule has 0 fully saturated rings. The van der Waals surface area contributed by atoms with Crippen LogP contribution in [-0.4, -0.2) is 17.4 Å². The summed E-state index contributed by atoms with van der Waals surface area (Å²) in [5.74, 6) is -0.110. The lowest BCUT2D eigenvalue weighted by atomic mass is 10.2. The molecule has 0 atom stereocenters. The van der Waals surface area contributed by atoms with E-state index in [0.717, 1.165) is 13.0 Å². The summed E-state index contributed by atoms with van der Waals surface area (Å²) in [6.45, 7) is 3.02. The molecule has 0 aliphatic heterocycles. The van der Waals surface area contributed by atoms with E-state index in [0.29, 0.717) is 5.56 Å². The fraction of sp³-hybridized carbons (Fsp3) is 0.538. The molecular weight excluding hydrogens is 214 g/mol. The predicted molar refractivity (Wildman–Crippen MR) is 68.5 cm³/mol. The van der Waals surface area contributed by atoms with Gasteiger partial charge in [0.25, 0.3) is 5.91 Å². The molecule has 0 aliphatic rings. The molecule has 0 unspecified atom stereocenters. The maximum Gasteiger partial charge on any atom is 0.265 e. The number of nitrogens with one attached hydrogen (secondary N) is 2. The Morgan fingerprint density at radius 1 is 1.18 bits per heavy atom. The summed E-state index contributed by atoms with van der Waals surface area (Å²) in [6, 6.07) is 3.39. The van der Waals surface area contributed by atoms with Crippen LogP contribution < -0.4 is 10.9 Å². The third kappa shape index (κ3) is 6.02. The minimum atomic E-state index is -0.110. The standard InChI is InChI=1S/C13H21N3O/c1-2-3-4-5-6-9-15-16-13(17)12-7-10-14-11-8-12/h7-8,10-11,15H,2-6,9H2,1H3,(H,16,17). The zero-order valence-corrected chi connectivity index (χ0v) is 10.4. The van der Waals surface area contributed by atoms with Gasteiger partial charge in [-0.2, -0.15) is 0 Å². The molecule has 0 bridgehead atoms. The van der Waals surface area contributed by atoms with Crippen molar-refractivity contribution in [3.8, 4) is 0 Å². The summed E-state index contributed by atoms with van der Waals surface area (Å²) >= 11 is 0. The highest BCUT2D eigenvalue weighted by atomic mass is 16.2. The smallest absolute Gasteiger partial charge is 0.265 e. The van der Waals surface area contributed by atoms with Gasteiger partial charge in [0.1, 0.15) is 0 Å². The number of hydrogen-bond donors (Lipinski definition) is 2. The fourth-order valence-electron chi connectivity index (χ4n) is 1.54. The molecule has 0 spiro atoms. The Bertz CT molecular complexity index is 314. The molecule has 1 heterocycles. The van der Waals surface area contributed by atoms with Crippen LogP contribution in [0.2, 0.25) is 0 Å². The number of carbonyl (C=O) groups is 1. The van der Waals surface area contributed by atoms with Crippen molar-refractivity contribution in [2.45, 2.75) is 39.0 Å². The van der Waals surface area contributed by atoms with Gasteiger partial charge >= 0.3 is 0 Å². The molecule has 0 saturated heterocycles. The number of rotatable bonds is 8. The van der Waals surface area contributed by atoms with Crippen molar-refractivity contribution in [1.82, 2.24) is 15.8 Å². The van der Waals surface area contributed by atoms with E-state index in [1.54, 1.807) is 24.5 Å². The largest absolute Gasteiger partial charge is 0.287 e. The Morgan fingerprint density at radius 2 is 1.88 bits per heavy atom. The van der Waals surface area contributed by atoms with Gasteiger partial charge in [-0.15, -0.1) is 0 Å². The van der Waals surface area contributed by atoms with Gasteiger partial charge in [-0.05, 0) is 18.6 Å². The van der Waals surface area contributed by atoms with Crippen LogP contribution in [0, 0.1) is 0 Å². The van der Waals surface area contributed by atoms with Crippen molar-refractivity contribution in [3.63, 3.8) is 0 Å². The van der Waals surface area contributed by atoms with Crippen molar-refractivity contribution in [1.29, 1.82) is 0 Å². The molecule has 17 heavy (non-hydrogen) atoms. The van der Waals surface area contributed by atoms with Crippen molar-refractivity contribution in [2.24, 2.45) is 0 Å². The van der Waals surface area contributed by atoms with E-state index >= 15 is 0 Å². The Morgan fingerprint density at radius 3 is 2.59 bits per heavy atom. The SMILES string of the molecule is CCCCCCCNNC(=O)c1ccncc1. The molecule has 94 valence electrons. The predicted octanol–water partition coefficient (Wildman–Crippen LogP) is 2.29. The highest BCUT2D eigenvalue weighted by Gasteiger charge is 2.02. The number of nitrogens with zero attached hydrogens (tertiary/aromatic N) is 1. The number of carbonyl (C=O) groups excluding carboxylic acids is 1. The molecule has 0 radical (unpaired) electrons. The second-order valence-electron chi connectivity index (χ2n) is 4.03. The average Bonchev–Trinajstić information content (AvgIpc) is 2.38. The van der Waals surface area contributed by atoms with Gasteiger partial charge < -0.3 is 0 Å². The van der Waals surface area contributed by atoms with E-state index in [-0.39, 0.29) is 5.91 Å². The van der Waals surface area contributed by atoms with Gasteiger partial charge in [0.05, 0.1) is 0 Å². The van der Waals surface area contributed by atoms with Gasteiger partial charge in [0.2, 0.25) is 0 Å². The first-order chi connectivity index (χ1) is 8.34. The van der Waals surface area contributed by atoms with E-state index in [1.807, 2.05) is 0 Å². The lowest BCUT2D eigenvalue weighted by Gasteiger charge is -2.06. The van der Waals surface area contributed by atoms with E-state index < -0.39 is 0 Å². The topological polar surface area (TPSA) is 54.0 Å². The van der Waals surface area contributed by atoms with Crippen LogP contribution in [0.4, 0.5) is 0 Å². The molecule has 4 heteroatoms. The quantitative estimate of drug-likeness (QED) is 0.537. The third-order valence-corrected chi connectivity index (χ3v) is 2.55. The minimum absolute atomic E-state index is 0.110. The van der Waals surface area contributed by atoms with E-state index in [2.05, 4.69) is 22.8 Å². The van der Waals surface area contributed by atoms with Gasteiger partial charge in [0, 0.05) is 24.5 Å². The number of amides is 1. The van der Waals surface area contributed by atoms with Gasteiger partial charge in [-0.1, -0.05) is 32.6 Å². The molecule has 1 amide bonds. The molecule has 1 rings (SSSR count). The van der Waals surface area contributed by atoms with Crippen molar-refractivity contribution in [2.75, 3.05) is 6.54 Å². The average molecular weight is 235 g/mol. The van der Waals surface area contributed by atoms with E-state index in [9.17, 15) is 4.79 Å². The fourth-order valence-corrected chi connectivity index (χ4v) is 1.54. The zero-order valence-electron chi connectivity index (χ0n) is 10.4. The first-order valence-corrected chi connectivity index (χ1v) is 6.28. The summed E-state index contributed by atoms with van der Waals surface area (Å²) in [5, 5.41) is 0. The maximum absolute atomic E-state index is 11.6. The second-order valence-corrected chi connectivity index (χ2v) is 4.03. The first-order valence-electron chi connectivity index (χ1n) is 6.28. The van der Waals surface area contributed by atoms with Gasteiger partial charge in [-0.25, -0.2) is 5.43 Å². The highest BCUT2D eigenvalue weighted by Crippen LogP contribution is 2.00.